The second kappa shape index (κ2) is 2.46. The molecule has 1 aliphatic heterocycles. The first kappa shape index (κ1) is 7.56. The van der Waals surface area contributed by atoms with Crippen molar-refractivity contribution in [1.82, 2.24) is 5.32 Å². The van der Waals surface area contributed by atoms with E-state index >= 15 is 0 Å². The molecule has 0 aromatic heterocycles. The van der Waals surface area contributed by atoms with E-state index in [9.17, 15) is 0 Å². The Labute approximate surface area is 68.5 Å². The molecule has 1 heterocycles. The fraction of sp³-hybridized carbons (Fsp3) is 1.00. The molecule has 2 aliphatic rings. The van der Waals surface area contributed by atoms with E-state index in [-0.39, 0.29) is 0 Å². The fourth-order valence-corrected chi connectivity index (χ4v) is 2.71. The first-order valence-electron chi connectivity index (χ1n) is 4.71. The van der Waals surface area contributed by atoms with E-state index in [4.69, 9.17) is 5.73 Å². The highest BCUT2D eigenvalue weighted by Crippen LogP contribution is 2.51. The summed E-state index contributed by atoms with van der Waals surface area (Å²) in [6.45, 7) is 4.73. The van der Waals surface area contributed by atoms with Gasteiger partial charge in [0.1, 0.15) is 0 Å². The second-order valence-corrected chi connectivity index (χ2v) is 4.27. The van der Waals surface area contributed by atoms with Crippen molar-refractivity contribution in [1.29, 1.82) is 0 Å². The van der Waals surface area contributed by atoms with Crippen molar-refractivity contribution in [2.45, 2.75) is 32.2 Å². The molecule has 0 amide bonds. The van der Waals surface area contributed by atoms with Crippen LogP contribution in [-0.2, 0) is 0 Å². The van der Waals surface area contributed by atoms with E-state index in [0.717, 1.165) is 5.92 Å². The van der Waals surface area contributed by atoms with Crippen LogP contribution in [0.2, 0.25) is 0 Å². The summed E-state index contributed by atoms with van der Waals surface area (Å²) in [4.78, 5) is 0. The predicted octanol–water partition coefficient (Wildman–Crippen LogP) is 0.723. The largest absolute Gasteiger partial charge is 0.327 e. The Morgan fingerprint density at radius 3 is 2.45 bits per heavy atom. The lowest BCUT2D eigenvalue weighted by atomic mass is 9.54. The molecule has 2 fully saturated rings. The molecule has 2 unspecified atom stereocenters. The van der Waals surface area contributed by atoms with Gasteiger partial charge >= 0.3 is 0 Å². The van der Waals surface area contributed by atoms with Gasteiger partial charge in [0.15, 0.2) is 0 Å². The van der Waals surface area contributed by atoms with Gasteiger partial charge in [-0.25, -0.2) is 0 Å². The lowest BCUT2D eigenvalue weighted by molar-refractivity contribution is -0.0128. The van der Waals surface area contributed by atoms with Gasteiger partial charge in [0, 0.05) is 6.04 Å². The maximum Gasteiger partial charge on any atom is 0.00752 e. The van der Waals surface area contributed by atoms with E-state index in [2.05, 4.69) is 12.2 Å². The average Bonchev–Trinajstić information content (AvgIpc) is 2.06. The lowest BCUT2D eigenvalue weighted by Gasteiger charge is -2.55. The summed E-state index contributed by atoms with van der Waals surface area (Å²) in [5.74, 6) is 0.768. The molecule has 2 nitrogen and oxygen atoms in total. The van der Waals surface area contributed by atoms with E-state index in [1.807, 2.05) is 0 Å². The highest BCUT2D eigenvalue weighted by atomic mass is 14.9. The second-order valence-electron chi connectivity index (χ2n) is 4.27. The van der Waals surface area contributed by atoms with Gasteiger partial charge in [0.25, 0.3) is 0 Å². The predicted molar refractivity (Wildman–Crippen MR) is 46.3 cm³/mol. The van der Waals surface area contributed by atoms with Gasteiger partial charge in [-0.15, -0.1) is 0 Å². The maximum absolute atomic E-state index is 5.91. The molecule has 2 atom stereocenters. The maximum atomic E-state index is 5.91. The minimum absolute atomic E-state index is 0.494. The third-order valence-corrected chi connectivity index (χ3v) is 3.85. The summed E-state index contributed by atoms with van der Waals surface area (Å²) in [7, 11) is 0. The topological polar surface area (TPSA) is 38.0 Å². The van der Waals surface area contributed by atoms with E-state index in [1.54, 1.807) is 0 Å². The van der Waals surface area contributed by atoms with Crippen molar-refractivity contribution in [3.05, 3.63) is 0 Å². The minimum Gasteiger partial charge on any atom is -0.327 e. The van der Waals surface area contributed by atoms with Crippen LogP contribution in [0.3, 0.4) is 0 Å². The van der Waals surface area contributed by atoms with Crippen LogP contribution in [0.15, 0.2) is 0 Å². The molecule has 64 valence electrons. The standard InChI is InChI=1S/C9H18N2/c1-7-8(10)6-9(7)2-4-11-5-3-9/h7-8,11H,2-6,10H2,1H3. The summed E-state index contributed by atoms with van der Waals surface area (Å²) >= 11 is 0. The van der Waals surface area contributed by atoms with Crippen molar-refractivity contribution in [2.75, 3.05) is 13.1 Å². The number of hydrogen-bond donors (Lipinski definition) is 2. The van der Waals surface area contributed by atoms with Crippen LogP contribution in [0.25, 0.3) is 0 Å². The molecule has 0 radical (unpaired) electrons. The molecule has 3 N–H and O–H groups in total. The van der Waals surface area contributed by atoms with E-state index in [0.29, 0.717) is 11.5 Å². The number of nitrogens with two attached hydrogens (primary N) is 1. The fourth-order valence-electron chi connectivity index (χ4n) is 2.71. The molecular formula is C9H18N2. The molecule has 2 heteroatoms. The van der Waals surface area contributed by atoms with Gasteiger partial charge in [-0.3, -0.25) is 0 Å². The highest BCUT2D eigenvalue weighted by molar-refractivity contribution is 5.03. The molecule has 2 rings (SSSR count). The first-order valence-corrected chi connectivity index (χ1v) is 4.71. The number of hydrogen-bond acceptors (Lipinski definition) is 2. The monoisotopic (exact) mass is 154 g/mol. The normalized spacial score (nSPS) is 42.0. The quantitative estimate of drug-likeness (QED) is 0.539. The number of piperidine rings is 1. The van der Waals surface area contributed by atoms with E-state index in [1.165, 1.54) is 32.4 Å². The Kier molecular flexibility index (Phi) is 1.69. The molecule has 1 saturated heterocycles. The van der Waals surface area contributed by atoms with Crippen LogP contribution in [0.4, 0.5) is 0 Å². The minimum atomic E-state index is 0.494. The van der Waals surface area contributed by atoms with Gasteiger partial charge < -0.3 is 11.1 Å². The molecule has 11 heavy (non-hydrogen) atoms. The van der Waals surface area contributed by atoms with Crippen molar-refractivity contribution >= 4 is 0 Å². The van der Waals surface area contributed by atoms with E-state index < -0.39 is 0 Å². The molecule has 1 saturated carbocycles. The summed E-state index contributed by atoms with van der Waals surface area (Å²) in [6.07, 6.45) is 3.97. The Morgan fingerprint density at radius 1 is 1.36 bits per heavy atom. The van der Waals surface area contributed by atoms with Crippen LogP contribution >= 0.6 is 0 Å². The Morgan fingerprint density at radius 2 is 2.00 bits per heavy atom. The summed E-state index contributed by atoms with van der Waals surface area (Å²) in [5.41, 5.74) is 6.55. The zero-order valence-corrected chi connectivity index (χ0v) is 7.27. The van der Waals surface area contributed by atoms with Crippen LogP contribution in [0.1, 0.15) is 26.2 Å². The summed E-state index contributed by atoms with van der Waals surface area (Å²) < 4.78 is 0. The number of rotatable bonds is 0. The van der Waals surface area contributed by atoms with Crippen molar-refractivity contribution < 1.29 is 0 Å². The van der Waals surface area contributed by atoms with Gasteiger partial charge in [-0.2, -0.15) is 0 Å². The van der Waals surface area contributed by atoms with Crippen LogP contribution in [0.5, 0.6) is 0 Å². The molecule has 0 bridgehead atoms. The molecule has 0 aromatic carbocycles. The Balaban J connectivity index is 2.00. The average molecular weight is 154 g/mol. The number of nitrogens with one attached hydrogen (secondary N) is 1. The Hall–Kier alpha value is -0.0800. The van der Waals surface area contributed by atoms with Crippen molar-refractivity contribution in [2.24, 2.45) is 17.1 Å². The highest BCUT2D eigenvalue weighted by Gasteiger charge is 2.49. The lowest BCUT2D eigenvalue weighted by Crippen LogP contribution is -2.58. The van der Waals surface area contributed by atoms with Gasteiger partial charge in [-0.05, 0) is 43.7 Å². The van der Waals surface area contributed by atoms with Gasteiger partial charge in [-0.1, -0.05) is 6.92 Å². The van der Waals surface area contributed by atoms with Crippen LogP contribution in [0, 0.1) is 11.3 Å². The van der Waals surface area contributed by atoms with Crippen molar-refractivity contribution in [3.8, 4) is 0 Å². The molecular weight excluding hydrogens is 136 g/mol. The summed E-state index contributed by atoms with van der Waals surface area (Å²) in [5, 5.41) is 3.40. The zero-order chi connectivity index (χ0) is 7.90. The third kappa shape index (κ3) is 1.00. The molecule has 0 aromatic rings. The first-order chi connectivity index (χ1) is 5.25. The third-order valence-electron chi connectivity index (χ3n) is 3.85. The zero-order valence-electron chi connectivity index (χ0n) is 7.27. The van der Waals surface area contributed by atoms with Crippen molar-refractivity contribution in [3.63, 3.8) is 0 Å². The van der Waals surface area contributed by atoms with Crippen LogP contribution < -0.4 is 11.1 Å². The van der Waals surface area contributed by atoms with Gasteiger partial charge in [0.05, 0.1) is 0 Å². The molecule has 1 aliphatic carbocycles. The Bertz CT molecular complexity index is 144. The molecule has 1 spiro atoms. The van der Waals surface area contributed by atoms with Gasteiger partial charge in [0.2, 0.25) is 0 Å². The van der Waals surface area contributed by atoms with Crippen LogP contribution in [-0.4, -0.2) is 19.1 Å². The smallest absolute Gasteiger partial charge is 0.00752 e. The SMILES string of the molecule is CC1C(N)CC12CCNCC2. The summed E-state index contributed by atoms with van der Waals surface area (Å²) in [6, 6.07) is 0.494.